The van der Waals surface area contributed by atoms with Gasteiger partial charge in [0.05, 0.1) is 6.04 Å². The first-order chi connectivity index (χ1) is 12.5. The molecule has 0 saturated carbocycles. The molecule has 0 radical (unpaired) electrons. The molecule has 2 heterocycles. The van der Waals surface area contributed by atoms with Gasteiger partial charge in [0.1, 0.15) is 11.7 Å². The SMILES string of the molecule is C[C@H](NC(=O)[C@H]1C(=O)N[C@]2(C)C[C@@H]1c1ccccc1O2)c1ccccc1. The normalized spacial score (nSPS) is 27.5. The lowest BCUT2D eigenvalue weighted by Crippen LogP contribution is -2.63. The zero-order valence-electron chi connectivity index (χ0n) is 14.9. The number of fused-ring (bicyclic) bond motifs is 4. The minimum absolute atomic E-state index is 0.167. The van der Waals surface area contributed by atoms with Crippen LogP contribution < -0.4 is 15.4 Å². The lowest BCUT2D eigenvalue weighted by molar-refractivity contribution is -0.147. The van der Waals surface area contributed by atoms with Crippen LogP contribution >= 0.6 is 0 Å². The molecule has 0 spiro atoms. The molecule has 2 N–H and O–H groups in total. The Labute approximate surface area is 152 Å². The van der Waals surface area contributed by atoms with Crippen molar-refractivity contribution in [3.63, 3.8) is 0 Å². The van der Waals surface area contributed by atoms with Crippen LogP contribution in [0.15, 0.2) is 54.6 Å². The number of para-hydroxylation sites is 1. The lowest BCUT2D eigenvalue weighted by Gasteiger charge is -2.46. The number of amides is 2. The lowest BCUT2D eigenvalue weighted by atomic mass is 9.74. The summed E-state index contributed by atoms with van der Waals surface area (Å²) in [6.45, 7) is 3.78. The average Bonchev–Trinajstić information content (AvgIpc) is 2.61. The molecular formula is C21H22N2O3. The Balaban J connectivity index is 1.62. The first-order valence-corrected chi connectivity index (χ1v) is 8.92. The third-order valence-corrected chi connectivity index (χ3v) is 5.28. The number of benzene rings is 2. The van der Waals surface area contributed by atoms with E-state index in [4.69, 9.17) is 4.74 Å². The summed E-state index contributed by atoms with van der Waals surface area (Å²) in [5.74, 6) is -0.750. The van der Waals surface area contributed by atoms with Gasteiger partial charge in [-0.1, -0.05) is 48.5 Å². The number of carbonyl (C=O) groups excluding carboxylic acids is 2. The summed E-state index contributed by atoms with van der Waals surface area (Å²) in [7, 11) is 0. The Morgan fingerprint density at radius 3 is 2.65 bits per heavy atom. The van der Waals surface area contributed by atoms with Crippen LogP contribution in [0.1, 0.15) is 43.4 Å². The number of hydrogen-bond donors (Lipinski definition) is 2. The van der Waals surface area contributed by atoms with E-state index in [1.165, 1.54) is 0 Å². The predicted octanol–water partition coefficient (Wildman–Crippen LogP) is 2.89. The monoisotopic (exact) mass is 350 g/mol. The number of ether oxygens (including phenoxy) is 1. The summed E-state index contributed by atoms with van der Waals surface area (Å²) < 4.78 is 5.98. The van der Waals surface area contributed by atoms with E-state index in [-0.39, 0.29) is 23.8 Å². The third kappa shape index (κ3) is 2.83. The predicted molar refractivity (Wildman–Crippen MR) is 97.5 cm³/mol. The molecule has 2 aromatic rings. The second kappa shape index (κ2) is 6.16. The van der Waals surface area contributed by atoms with Gasteiger partial charge in [-0.2, -0.15) is 0 Å². The van der Waals surface area contributed by atoms with E-state index in [1.54, 1.807) is 0 Å². The Hall–Kier alpha value is -2.82. The van der Waals surface area contributed by atoms with Crippen molar-refractivity contribution in [1.29, 1.82) is 0 Å². The van der Waals surface area contributed by atoms with Crippen molar-refractivity contribution in [2.24, 2.45) is 5.92 Å². The minimum Gasteiger partial charge on any atom is -0.468 e. The molecule has 0 aliphatic carbocycles. The van der Waals surface area contributed by atoms with Crippen molar-refractivity contribution in [2.45, 2.75) is 38.0 Å². The number of hydrogen-bond acceptors (Lipinski definition) is 3. The molecule has 4 atom stereocenters. The topological polar surface area (TPSA) is 67.4 Å². The van der Waals surface area contributed by atoms with Crippen LogP contribution in [0.3, 0.4) is 0 Å². The minimum atomic E-state index is -0.766. The molecule has 1 saturated heterocycles. The number of nitrogens with one attached hydrogen (secondary N) is 2. The van der Waals surface area contributed by atoms with Crippen LogP contribution in [0.5, 0.6) is 5.75 Å². The molecule has 26 heavy (non-hydrogen) atoms. The molecule has 2 aliphatic rings. The van der Waals surface area contributed by atoms with Gasteiger partial charge in [0.15, 0.2) is 5.72 Å². The fraction of sp³-hybridized carbons (Fsp3) is 0.333. The Kier molecular flexibility index (Phi) is 3.94. The third-order valence-electron chi connectivity index (χ3n) is 5.28. The van der Waals surface area contributed by atoms with Gasteiger partial charge in [0.25, 0.3) is 0 Å². The van der Waals surface area contributed by atoms with Gasteiger partial charge < -0.3 is 15.4 Å². The molecule has 2 bridgehead atoms. The molecule has 1 fully saturated rings. The van der Waals surface area contributed by atoms with Gasteiger partial charge in [-0.3, -0.25) is 9.59 Å². The maximum absolute atomic E-state index is 13.0. The van der Waals surface area contributed by atoms with E-state index in [0.717, 1.165) is 16.9 Å². The summed E-state index contributed by atoms with van der Waals surface area (Å²) >= 11 is 0. The van der Waals surface area contributed by atoms with Gasteiger partial charge in [0, 0.05) is 12.3 Å². The fourth-order valence-electron chi connectivity index (χ4n) is 4.02. The van der Waals surface area contributed by atoms with Crippen molar-refractivity contribution in [3.05, 3.63) is 65.7 Å². The van der Waals surface area contributed by atoms with Crippen molar-refractivity contribution >= 4 is 11.8 Å². The van der Waals surface area contributed by atoms with Gasteiger partial charge in [-0.15, -0.1) is 0 Å². The molecule has 4 rings (SSSR count). The molecule has 134 valence electrons. The number of carbonyl (C=O) groups is 2. The second-order valence-electron chi connectivity index (χ2n) is 7.29. The van der Waals surface area contributed by atoms with Crippen LogP contribution in [0.2, 0.25) is 0 Å². The summed E-state index contributed by atoms with van der Waals surface area (Å²) in [6.07, 6.45) is 0.577. The average molecular weight is 350 g/mol. The smallest absolute Gasteiger partial charge is 0.236 e. The molecule has 2 aromatic carbocycles. The Morgan fingerprint density at radius 1 is 1.19 bits per heavy atom. The zero-order chi connectivity index (χ0) is 18.3. The standard InChI is InChI=1S/C21H22N2O3/c1-13(14-8-4-3-5-9-14)22-19(24)18-16-12-21(2,23-20(18)25)26-17-11-7-6-10-15(16)17/h3-11,13,16,18H,12H2,1-2H3,(H,22,24)(H,23,25)/t13-,16+,18-,21-/m0/s1. The summed E-state index contributed by atoms with van der Waals surface area (Å²) in [6, 6.07) is 17.2. The summed E-state index contributed by atoms with van der Waals surface area (Å²) in [5, 5.41) is 5.89. The number of rotatable bonds is 3. The molecule has 2 aliphatic heterocycles. The summed E-state index contributed by atoms with van der Waals surface area (Å²) in [4.78, 5) is 25.7. The molecule has 0 aromatic heterocycles. The van der Waals surface area contributed by atoms with Crippen LogP contribution in [-0.2, 0) is 9.59 Å². The van der Waals surface area contributed by atoms with Gasteiger partial charge in [-0.25, -0.2) is 0 Å². The first-order valence-electron chi connectivity index (χ1n) is 8.92. The molecular weight excluding hydrogens is 328 g/mol. The first kappa shape index (κ1) is 16.6. The van der Waals surface area contributed by atoms with Crippen molar-refractivity contribution in [2.75, 3.05) is 0 Å². The summed E-state index contributed by atoms with van der Waals surface area (Å²) in [5.41, 5.74) is 1.17. The highest BCUT2D eigenvalue weighted by Gasteiger charge is 2.51. The van der Waals surface area contributed by atoms with E-state index >= 15 is 0 Å². The van der Waals surface area contributed by atoms with Crippen molar-refractivity contribution < 1.29 is 14.3 Å². The van der Waals surface area contributed by atoms with Gasteiger partial charge >= 0.3 is 0 Å². The highest BCUT2D eigenvalue weighted by molar-refractivity contribution is 6.02. The molecule has 5 heteroatoms. The Morgan fingerprint density at radius 2 is 1.88 bits per heavy atom. The van der Waals surface area contributed by atoms with Crippen molar-refractivity contribution in [3.8, 4) is 5.75 Å². The second-order valence-corrected chi connectivity index (χ2v) is 7.29. The maximum Gasteiger partial charge on any atom is 0.236 e. The Bertz CT molecular complexity index is 851. The van der Waals surface area contributed by atoms with E-state index < -0.39 is 11.6 Å². The van der Waals surface area contributed by atoms with Crippen LogP contribution in [-0.4, -0.2) is 17.5 Å². The van der Waals surface area contributed by atoms with Gasteiger partial charge in [0.2, 0.25) is 11.8 Å². The van der Waals surface area contributed by atoms with Crippen LogP contribution in [0.4, 0.5) is 0 Å². The largest absolute Gasteiger partial charge is 0.468 e. The van der Waals surface area contributed by atoms with Gasteiger partial charge in [-0.05, 0) is 31.0 Å². The van der Waals surface area contributed by atoms with E-state index in [2.05, 4.69) is 10.6 Å². The fourth-order valence-corrected chi connectivity index (χ4v) is 4.02. The molecule has 0 unspecified atom stereocenters. The zero-order valence-corrected chi connectivity index (χ0v) is 14.9. The van der Waals surface area contributed by atoms with E-state index in [1.807, 2.05) is 68.4 Å². The highest BCUT2D eigenvalue weighted by atomic mass is 16.5. The molecule has 5 nitrogen and oxygen atoms in total. The van der Waals surface area contributed by atoms with Crippen molar-refractivity contribution in [1.82, 2.24) is 10.6 Å². The van der Waals surface area contributed by atoms with E-state index in [0.29, 0.717) is 6.42 Å². The maximum atomic E-state index is 13.0. The van der Waals surface area contributed by atoms with Crippen LogP contribution in [0.25, 0.3) is 0 Å². The highest BCUT2D eigenvalue weighted by Crippen LogP contribution is 2.46. The van der Waals surface area contributed by atoms with Crippen LogP contribution in [0, 0.1) is 5.92 Å². The van der Waals surface area contributed by atoms with E-state index in [9.17, 15) is 9.59 Å². The number of piperidine rings is 1. The quantitative estimate of drug-likeness (QED) is 0.837. The molecule has 2 amide bonds.